The Morgan fingerprint density at radius 1 is 1.31 bits per heavy atom. The standard InChI is InChI=1S/C19H15ClFN3O2/c1-24-16-5-3-2-4-10(16)7-15(19(24)26)23-18(25)14-8-11-6-12(20)9-13(21)17(11)22-14/h2-6,8-9,15,22H,7H2,1H3,(H,23,25). The summed E-state index contributed by atoms with van der Waals surface area (Å²) in [5, 5.41) is 3.48. The molecule has 1 aliphatic rings. The van der Waals surface area contributed by atoms with E-state index in [1.54, 1.807) is 13.1 Å². The number of para-hydroxylation sites is 1. The Balaban J connectivity index is 1.61. The van der Waals surface area contributed by atoms with Crippen molar-refractivity contribution in [3.63, 3.8) is 0 Å². The third-order valence-electron chi connectivity index (χ3n) is 4.60. The van der Waals surface area contributed by atoms with Crippen LogP contribution in [-0.2, 0) is 11.2 Å². The van der Waals surface area contributed by atoms with E-state index in [9.17, 15) is 14.0 Å². The Kier molecular flexibility index (Phi) is 3.92. The summed E-state index contributed by atoms with van der Waals surface area (Å²) in [6.07, 6.45) is 0.408. The molecular formula is C19H15ClFN3O2. The average Bonchev–Trinajstić information content (AvgIpc) is 3.04. The van der Waals surface area contributed by atoms with Gasteiger partial charge in [0.25, 0.3) is 5.91 Å². The number of fused-ring (bicyclic) bond motifs is 2. The van der Waals surface area contributed by atoms with Gasteiger partial charge >= 0.3 is 0 Å². The van der Waals surface area contributed by atoms with Crippen molar-refractivity contribution in [1.29, 1.82) is 0 Å². The second-order valence-electron chi connectivity index (χ2n) is 6.29. The minimum Gasteiger partial charge on any atom is -0.348 e. The molecule has 0 bridgehead atoms. The number of carbonyl (C=O) groups is 2. The number of likely N-dealkylation sites (N-methyl/N-ethyl adjacent to an activating group) is 1. The highest BCUT2D eigenvalue weighted by molar-refractivity contribution is 6.31. The van der Waals surface area contributed by atoms with E-state index in [0.717, 1.165) is 11.3 Å². The molecule has 26 heavy (non-hydrogen) atoms. The molecule has 1 aromatic heterocycles. The minimum absolute atomic E-state index is 0.176. The summed E-state index contributed by atoms with van der Waals surface area (Å²) in [7, 11) is 1.68. The summed E-state index contributed by atoms with van der Waals surface area (Å²) in [5.41, 5.74) is 2.20. The van der Waals surface area contributed by atoms with Crippen molar-refractivity contribution in [2.24, 2.45) is 0 Å². The number of nitrogens with one attached hydrogen (secondary N) is 2. The highest BCUT2D eigenvalue weighted by Gasteiger charge is 2.32. The molecule has 1 unspecified atom stereocenters. The molecule has 0 spiro atoms. The maximum Gasteiger partial charge on any atom is 0.268 e. The van der Waals surface area contributed by atoms with Crippen molar-refractivity contribution in [2.75, 3.05) is 11.9 Å². The van der Waals surface area contributed by atoms with Crippen LogP contribution in [0.3, 0.4) is 0 Å². The summed E-state index contributed by atoms with van der Waals surface area (Å²) in [6, 6.07) is 11.2. The van der Waals surface area contributed by atoms with Gasteiger partial charge in [0, 0.05) is 29.6 Å². The number of benzene rings is 2. The van der Waals surface area contributed by atoms with E-state index < -0.39 is 17.8 Å². The molecule has 7 heteroatoms. The number of amides is 2. The van der Waals surface area contributed by atoms with E-state index in [2.05, 4.69) is 10.3 Å². The number of aromatic amines is 1. The quantitative estimate of drug-likeness (QED) is 0.726. The third kappa shape index (κ3) is 2.72. The fourth-order valence-electron chi connectivity index (χ4n) is 3.31. The van der Waals surface area contributed by atoms with Crippen LogP contribution in [0.25, 0.3) is 10.9 Å². The Bertz CT molecular complexity index is 1050. The first-order chi connectivity index (χ1) is 12.4. The van der Waals surface area contributed by atoms with Crippen LogP contribution in [0.1, 0.15) is 16.1 Å². The minimum atomic E-state index is -0.678. The van der Waals surface area contributed by atoms with Crippen LogP contribution in [0.2, 0.25) is 5.02 Å². The number of carbonyl (C=O) groups excluding carboxylic acids is 2. The highest BCUT2D eigenvalue weighted by atomic mass is 35.5. The average molecular weight is 372 g/mol. The lowest BCUT2D eigenvalue weighted by Crippen LogP contribution is -2.51. The Hall–Kier alpha value is -2.86. The number of nitrogens with zero attached hydrogens (tertiary/aromatic N) is 1. The molecule has 1 aliphatic heterocycles. The van der Waals surface area contributed by atoms with Crippen LogP contribution in [0.15, 0.2) is 42.5 Å². The van der Waals surface area contributed by atoms with E-state index in [0.29, 0.717) is 11.8 Å². The van der Waals surface area contributed by atoms with Gasteiger partial charge in [-0.2, -0.15) is 0 Å². The second kappa shape index (κ2) is 6.14. The van der Waals surface area contributed by atoms with Gasteiger partial charge in [-0.3, -0.25) is 9.59 Å². The lowest BCUT2D eigenvalue weighted by atomic mass is 9.97. The number of rotatable bonds is 2. The summed E-state index contributed by atoms with van der Waals surface area (Å²) in [4.78, 5) is 29.4. The van der Waals surface area contributed by atoms with Gasteiger partial charge in [0.05, 0.1) is 5.52 Å². The van der Waals surface area contributed by atoms with Gasteiger partial charge in [-0.15, -0.1) is 0 Å². The highest BCUT2D eigenvalue weighted by Crippen LogP contribution is 2.27. The van der Waals surface area contributed by atoms with E-state index in [-0.39, 0.29) is 22.1 Å². The molecule has 3 aromatic rings. The molecule has 2 heterocycles. The number of hydrogen-bond donors (Lipinski definition) is 2. The normalized spacial score (nSPS) is 16.7. The van der Waals surface area contributed by atoms with Crippen molar-refractivity contribution in [3.05, 3.63) is 64.6 Å². The fraction of sp³-hybridized carbons (Fsp3) is 0.158. The summed E-state index contributed by atoms with van der Waals surface area (Å²) < 4.78 is 14.0. The molecule has 0 fully saturated rings. The molecule has 2 amide bonds. The van der Waals surface area contributed by atoms with E-state index in [1.165, 1.54) is 17.0 Å². The van der Waals surface area contributed by atoms with Crippen molar-refractivity contribution in [1.82, 2.24) is 10.3 Å². The van der Waals surface area contributed by atoms with Crippen LogP contribution in [-0.4, -0.2) is 29.9 Å². The first kappa shape index (κ1) is 16.6. The van der Waals surface area contributed by atoms with Gasteiger partial charge in [-0.1, -0.05) is 29.8 Å². The van der Waals surface area contributed by atoms with Crippen LogP contribution in [0.5, 0.6) is 0 Å². The zero-order valence-electron chi connectivity index (χ0n) is 13.8. The summed E-state index contributed by atoms with van der Waals surface area (Å²) in [6.45, 7) is 0. The topological polar surface area (TPSA) is 65.2 Å². The lowest BCUT2D eigenvalue weighted by Gasteiger charge is -2.31. The first-order valence-corrected chi connectivity index (χ1v) is 8.46. The van der Waals surface area contributed by atoms with Crippen LogP contribution in [0.4, 0.5) is 10.1 Å². The molecule has 2 aromatic carbocycles. The van der Waals surface area contributed by atoms with Crippen LogP contribution < -0.4 is 10.2 Å². The monoisotopic (exact) mass is 371 g/mol. The van der Waals surface area contributed by atoms with Crippen molar-refractivity contribution < 1.29 is 14.0 Å². The predicted molar refractivity (Wildman–Crippen MR) is 98.1 cm³/mol. The zero-order valence-corrected chi connectivity index (χ0v) is 14.6. The van der Waals surface area contributed by atoms with Gasteiger partial charge < -0.3 is 15.2 Å². The number of hydrogen-bond acceptors (Lipinski definition) is 2. The maximum absolute atomic E-state index is 14.0. The lowest BCUT2D eigenvalue weighted by molar-refractivity contribution is -0.120. The number of aromatic nitrogens is 1. The van der Waals surface area contributed by atoms with Crippen molar-refractivity contribution >= 4 is 40.0 Å². The molecule has 0 aliphatic carbocycles. The van der Waals surface area contributed by atoms with E-state index in [4.69, 9.17) is 11.6 Å². The summed E-state index contributed by atoms with van der Waals surface area (Å²) in [5.74, 6) is -1.20. The zero-order chi connectivity index (χ0) is 18.4. The second-order valence-corrected chi connectivity index (χ2v) is 6.73. The predicted octanol–water partition coefficient (Wildman–Crippen LogP) is 3.28. The molecule has 0 saturated heterocycles. The molecule has 2 N–H and O–H groups in total. The first-order valence-electron chi connectivity index (χ1n) is 8.08. The Labute approximate surface area is 153 Å². The number of halogens is 2. The van der Waals surface area contributed by atoms with Crippen molar-refractivity contribution in [2.45, 2.75) is 12.5 Å². The molecule has 132 valence electrons. The SMILES string of the molecule is CN1C(=O)C(NC(=O)c2cc3cc(Cl)cc(F)c3[nH]2)Cc2ccccc21. The van der Waals surface area contributed by atoms with Gasteiger partial charge in [0.15, 0.2) is 0 Å². The third-order valence-corrected chi connectivity index (χ3v) is 4.82. The van der Waals surface area contributed by atoms with Crippen LogP contribution >= 0.6 is 11.6 Å². The molecule has 1 atom stereocenters. The van der Waals surface area contributed by atoms with Crippen LogP contribution in [0, 0.1) is 5.82 Å². The largest absolute Gasteiger partial charge is 0.348 e. The molecule has 5 nitrogen and oxygen atoms in total. The van der Waals surface area contributed by atoms with Crippen molar-refractivity contribution in [3.8, 4) is 0 Å². The maximum atomic E-state index is 14.0. The van der Waals surface area contributed by atoms with E-state index in [1.807, 2.05) is 24.3 Å². The Morgan fingerprint density at radius 2 is 2.08 bits per heavy atom. The molecule has 0 radical (unpaired) electrons. The van der Waals surface area contributed by atoms with Gasteiger partial charge in [-0.25, -0.2) is 4.39 Å². The molecule has 0 saturated carbocycles. The Morgan fingerprint density at radius 3 is 2.88 bits per heavy atom. The number of anilines is 1. The van der Waals surface area contributed by atoms with Gasteiger partial charge in [-0.05, 0) is 29.8 Å². The summed E-state index contributed by atoms with van der Waals surface area (Å²) >= 11 is 5.85. The smallest absolute Gasteiger partial charge is 0.268 e. The molecular weight excluding hydrogens is 357 g/mol. The number of H-pyrrole nitrogens is 1. The van der Waals surface area contributed by atoms with E-state index >= 15 is 0 Å². The fourth-order valence-corrected chi connectivity index (χ4v) is 3.52. The molecule has 4 rings (SSSR count). The van der Waals surface area contributed by atoms with Gasteiger partial charge in [0.1, 0.15) is 17.6 Å². The van der Waals surface area contributed by atoms with Gasteiger partial charge in [0.2, 0.25) is 5.91 Å².